The van der Waals surface area contributed by atoms with Gasteiger partial charge in [0.25, 0.3) is 5.91 Å². The van der Waals surface area contributed by atoms with Crippen molar-refractivity contribution in [1.29, 1.82) is 0 Å². The van der Waals surface area contributed by atoms with Gasteiger partial charge in [0, 0.05) is 24.7 Å². The lowest BCUT2D eigenvalue weighted by Crippen LogP contribution is -2.40. The van der Waals surface area contributed by atoms with Crippen molar-refractivity contribution in [2.45, 2.75) is 37.8 Å². The second kappa shape index (κ2) is 10.1. The molecule has 0 heterocycles. The van der Waals surface area contributed by atoms with E-state index in [0.29, 0.717) is 5.56 Å². The van der Waals surface area contributed by atoms with E-state index in [1.165, 1.54) is 37.3 Å². The van der Waals surface area contributed by atoms with Crippen LogP contribution in [0.2, 0.25) is 0 Å². The second-order valence-electron chi connectivity index (χ2n) is 8.14. The van der Waals surface area contributed by atoms with Gasteiger partial charge in [0.2, 0.25) is 10.0 Å². The first-order chi connectivity index (χ1) is 14.8. The molecule has 0 fully saturated rings. The number of nitrogens with one attached hydrogen (secondary N) is 1. The third-order valence-corrected chi connectivity index (χ3v) is 6.03. The minimum absolute atomic E-state index is 0.00641. The quantitative estimate of drug-likeness (QED) is 0.601. The van der Waals surface area contributed by atoms with Crippen LogP contribution in [0.25, 0.3) is 0 Å². The van der Waals surface area contributed by atoms with Crippen LogP contribution in [0.15, 0.2) is 47.4 Å². The summed E-state index contributed by atoms with van der Waals surface area (Å²) >= 11 is 0. The Hall–Kier alpha value is -2.98. The highest BCUT2D eigenvalue weighted by molar-refractivity contribution is 7.89. The first kappa shape index (κ1) is 25.3. The van der Waals surface area contributed by atoms with Crippen LogP contribution in [0.4, 0.5) is 4.39 Å². The van der Waals surface area contributed by atoms with Crippen molar-refractivity contribution in [2.75, 3.05) is 20.8 Å². The van der Waals surface area contributed by atoms with Gasteiger partial charge in [-0.05, 0) is 45.0 Å². The van der Waals surface area contributed by atoms with Gasteiger partial charge in [-0.15, -0.1) is 0 Å². The number of carbonyl (C=O) groups is 2. The third kappa shape index (κ3) is 6.76. The maximum atomic E-state index is 13.8. The van der Waals surface area contributed by atoms with E-state index in [-0.39, 0.29) is 22.8 Å². The monoisotopic (exact) mass is 466 g/mol. The summed E-state index contributed by atoms with van der Waals surface area (Å²) in [4.78, 5) is 25.7. The standard InChI is InChI=1S/C22H27FN2O6S/c1-22(2,3)24-32(28,29)19-12-15(10-11-18(19)30-5)21(27)31-14-20(26)25(4)13-16-8-6-7-9-17(16)23/h6-12,24H,13-14H2,1-5H3. The van der Waals surface area contributed by atoms with Crippen LogP contribution in [0.3, 0.4) is 0 Å². The van der Waals surface area contributed by atoms with Crippen LogP contribution in [-0.4, -0.2) is 51.5 Å². The number of nitrogens with zero attached hydrogens (tertiary/aromatic N) is 1. The van der Waals surface area contributed by atoms with Crippen molar-refractivity contribution >= 4 is 21.9 Å². The maximum absolute atomic E-state index is 13.8. The van der Waals surface area contributed by atoms with Crippen molar-refractivity contribution in [1.82, 2.24) is 9.62 Å². The molecule has 0 saturated heterocycles. The van der Waals surface area contributed by atoms with E-state index in [2.05, 4.69) is 4.72 Å². The molecule has 10 heteroatoms. The summed E-state index contributed by atoms with van der Waals surface area (Å²) in [5.74, 6) is -1.82. The molecule has 32 heavy (non-hydrogen) atoms. The van der Waals surface area contributed by atoms with Crippen LogP contribution in [-0.2, 0) is 26.1 Å². The number of ether oxygens (including phenoxy) is 2. The molecule has 0 atom stereocenters. The summed E-state index contributed by atoms with van der Waals surface area (Å²) in [5.41, 5.74) is -0.494. The second-order valence-corrected chi connectivity index (χ2v) is 9.79. The number of likely N-dealkylation sites (N-methyl/N-ethyl adjacent to an activating group) is 1. The zero-order chi connectivity index (χ0) is 24.1. The SMILES string of the molecule is COc1ccc(C(=O)OCC(=O)N(C)Cc2ccccc2F)cc1S(=O)(=O)NC(C)(C)C. The Morgan fingerprint density at radius 2 is 1.78 bits per heavy atom. The molecule has 0 aliphatic carbocycles. The van der Waals surface area contributed by atoms with Crippen molar-refractivity contribution in [3.8, 4) is 5.75 Å². The molecule has 2 aromatic carbocycles. The predicted octanol–water partition coefficient (Wildman–Crippen LogP) is 2.73. The van der Waals surface area contributed by atoms with E-state index in [1.807, 2.05) is 0 Å². The predicted molar refractivity (Wildman–Crippen MR) is 116 cm³/mol. The van der Waals surface area contributed by atoms with E-state index in [1.54, 1.807) is 39.0 Å². The van der Waals surface area contributed by atoms with Gasteiger partial charge in [-0.1, -0.05) is 18.2 Å². The topological polar surface area (TPSA) is 102 Å². The van der Waals surface area contributed by atoms with Crippen molar-refractivity contribution in [2.24, 2.45) is 0 Å². The van der Waals surface area contributed by atoms with Crippen molar-refractivity contribution < 1.29 is 31.9 Å². The number of benzene rings is 2. The number of esters is 1. The third-order valence-electron chi connectivity index (χ3n) is 4.25. The van der Waals surface area contributed by atoms with Gasteiger partial charge in [0.15, 0.2) is 6.61 Å². The molecule has 1 amide bonds. The Labute approximate surface area is 187 Å². The molecular formula is C22H27FN2O6S. The van der Waals surface area contributed by atoms with Crippen LogP contribution >= 0.6 is 0 Å². The van der Waals surface area contributed by atoms with Crippen molar-refractivity contribution in [3.63, 3.8) is 0 Å². The van der Waals surface area contributed by atoms with E-state index < -0.39 is 39.9 Å². The van der Waals surface area contributed by atoms with E-state index >= 15 is 0 Å². The van der Waals surface area contributed by atoms with Gasteiger partial charge in [0.1, 0.15) is 16.5 Å². The van der Waals surface area contributed by atoms with Gasteiger partial charge in [-0.2, -0.15) is 0 Å². The Morgan fingerprint density at radius 3 is 2.38 bits per heavy atom. The van der Waals surface area contributed by atoms with Crippen LogP contribution in [0.5, 0.6) is 5.75 Å². The molecule has 8 nitrogen and oxygen atoms in total. The molecule has 0 aliphatic heterocycles. The molecular weight excluding hydrogens is 439 g/mol. The molecule has 0 radical (unpaired) electrons. The molecule has 0 aromatic heterocycles. The fraction of sp³-hybridized carbons (Fsp3) is 0.364. The molecule has 0 spiro atoms. The van der Waals surface area contributed by atoms with Gasteiger partial charge in [-0.3, -0.25) is 4.79 Å². The highest BCUT2D eigenvalue weighted by Crippen LogP contribution is 2.26. The zero-order valence-electron chi connectivity index (χ0n) is 18.6. The molecule has 0 unspecified atom stereocenters. The lowest BCUT2D eigenvalue weighted by molar-refractivity contribution is -0.133. The van der Waals surface area contributed by atoms with Gasteiger partial charge < -0.3 is 14.4 Å². The smallest absolute Gasteiger partial charge is 0.338 e. The highest BCUT2D eigenvalue weighted by atomic mass is 32.2. The van der Waals surface area contributed by atoms with Crippen LogP contribution in [0.1, 0.15) is 36.7 Å². The Kier molecular flexibility index (Phi) is 7.97. The van der Waals surface area contributed by atoms with Gasteiger partial charge in [0.05, 0.1) is 12.7 Å². The molecule has 2 rings (SSSR count). The minimum Gasteiger partial charge on any atom is -0.495 e. The van der Waals surface area contributed by atoms with E-state index in [0.717, 1.165) is 6.07 Å². The average Bonchev–Trinajstić information content (AvgIpc) is 2.71. The average molecular weight is 467 g/mol. The van der Waals surface area contributed by atoms with E-state index in [4.69, 9.17) is 9.47 Å². The largest absolute Gasteiger partial charge is 0.495 e. The summed E-state index contributed by atoms with van der Waals surface area (Å²) in [6.45, 7) is 4.46. The van der Waals surface area contributed by atoms with E-state index in [9.17, 15) is 22.4 Å². The normalized spacial score (nSPS) is 11.7. The number of methoxy groups -OCH3 is 1. The summed E-state index contributed by atoms with van der Waals surface area (Å²) in [7, 11) is -1.22. The Balaban J connectivity index is 2.11. The fourth-order valence-corrected chi connectivity index (χ4v) is 4.38. The number of amides is 1. The Morgan fingerprint density at radius 1 is 1.12 bits per heavy atom. The lowest BCUT2D eigenvalue weighted by atomic mass is 10.1. The molecule has 174 valence electrons. The first-order valence-electron chi connectivity index (χ1n) is 9.70. The van der Waals surface area contributed by atoms with Crippen LogP contribution in [0, 0.1) is 5.82 Å². The fourth-order valence-electron chi connectivity index (χ4n) is 2.76. The summed E-state index contributed by atoms with van der Waals surface area (Å²) in [6.07, 6.45) is 0. The van der Waals surface area contributed by atoms with Crippen LogP contribution < -0.4 is 9.46 Å². The zero-order valence-corrected chi connectivity index (χ0v) is 19.5. The van der Waals surface area contributed by atoms with Gasteiger partial charge in [-0.25, -0.2) is 22.3 Å². The molecule has 0 aliphatic rings. The van der Waals surface area contributed by atoms with Gasteiger partial charge >= 0.3 is 5.97 Å². The number of halogens is 1. The number of hydrogen-bond donors (Lipinski definition) is 1. The number of carbonyl (C=O) groups excluding carboxylic acids is 2. The summed E-state index contributed by atoms with van der Waals surface area (Å²) in [5, 5.41) is 0. The lowest BCUT2D eigenvalue weighted by Gasteiger charge is -2.21. The minimum atomic E-state index is -3.99. The number of rotatable bonds is 8. The number of hydrogen-bond acceptors (Lipinski definition) is 6. The first-order valence-corrected chi connectivity index (χ1v) is 11.2. The van der Waals surface area contributed by atoms with Crippen molar-refractivity contribution in [3.05, 3.63) is 59.4 Å². The molecule has 0 saturated carbocycles. The molecule has 2 aromatic rings. The molecule has 0 bridgehead atoms. The maximum Gasteiger partial charge on any atom is 0.338 e. The number of sulfonamides is 1. The Bertz CT molecular complexity index is 1100. The highest BCUT2D eigenvalue weighted by Gasteiger charge is 2.27. The molecule has 1 N–H and O–H groups in total. The summed E-state index contributed by atoms with van der Waals surface area (Å²) < 4.78 is 51.9. The summed E-state index contributed by atoms with van der Waals surface area (Å²) in [6, 6.07) is 9.84.